The maximum absolute atomic E-state index is 12.6. The van der Waals surface area contributed by atoms with E-state index in [0.29, 0.717) is 47.3 Å². The lowest BCUT2D eigenvalue weighted by molar-refractivity contribution is 0.102. The summed E-state index contributed by atoms with van der Waals surface area (Å²) in [5.41, 5.74) is 2.07. The summed E-state index contributed by atoms with van der Waals surface area (Å²) in [4.78, 5) is 31.8. The number of nitriles is 1. The highest BCUT2D eigenvalue weighted by Gasteiger charge is 2.28. The van der Waals surface area contributed by atoms with Gasteiger partial charge in [-0.05, 0) is 32.8 Å². The summed E-state index contributed by atoms with van der Waals surface area (Å²) < 4.78 is 5.05. The third-order valence-electron chi connectivity index (χ3n) is 4.03. The van der Waals surface area contributed by atoms with Gasteiger partial charge in [-0.15, -0.1) is 22.7 Å². The fraction of sp³-hybridized carbons (Fsp3) is 0.412. The molecule has 1 aliphatic rings. The number of carbonyl (C=O) groups is 2. The Labute approximate surface area is 159 Å². The molecule has 136 valence electrons. The maximum atomic E-state index is 12.6. The molecule has 0 bridgehead atoms. The lowest BCUT2D eigenvalue weighted by atomic mass is 10.0. The summed E-state index contributed by atoms with van der Waals surface area (Å²) in [5.74, 6) is -0.259. The highest BCUT2D eigenvalue weighted by molar-refractivity contribution is 7.17. The first-order valence-electron chi connectivity index (χ1n) is 8.16. The molecule has 2 aromatic rings. The van der Waals surface area contributed by atoms with Crippen molar-refractivity contribution in [1.82, 2.24) is 9.88 Å². The Bertz CT molecular complexity index is 910. The van der Waals surface area contributed by atoms with Crippen LogP contribution in [-0.4, -0.2) is 35.0 Å². The minimum absolute atomic E-state index is 0.259. The third kappa shape index (κ3) is 3.43. The largest absolute Gasteiger partial charge is 0.450 e. The van der Waals surface area contributed by atoms with Crippen molar-refractivity contribution in [3.05, 3.63) is 31.6 Å². The molecule has 1 aliphatic heterocycles. The van der Waals surface area contributed by atoms with Gasteiger partial charge in [-0.3, -0.25) is 4.79 Å². The van der Waals surface area contributed by atoms with Crippen LogP contribution in [0.1, 0.15) is 43.3 Å². The number of nitrogens with one attached hydrogen (secondary N) is 1. The van der Waals surface area contributed by atoms with Crippen molar-refractivity contribution >= 4 is 39.7 Å². The van der Waals surface area contributed by atoms with Gasteiger partial charge in [0.1, 0.15) is 15.9 Å². The van der Waals surface area contributed by atoms with Crippen LogP contribution in [0.15, 0.2) is 0 Å². The van der Waals surface area contributed by atoms with Gasteiger partial charge in [0.05, 0.1) is 29.4 Å². The monoisotopic (exact) mass is 390 g/mol. The Balaban J connectivity index is 1.84. The molecule has 7 nitrogen and oxygen atoms in total. The average Bonchev–Trinajstić information content (AvgIpc) is 3.12. The predicted molar refractivity (Wildman–Crippen MR) is 99.7 cm³/mol. The molecule has 2 aromatic heterocycles. The second-order valence-electron chi connectivity index (χ2n) is 5.79. The number of anilines is 1. The SMILES string of the molecule is CCOC(=O)N1CCc2c(sc(NC(=O)c3sc(C)nc3C)c2C#N)C1. The quantitative estimate of drug-likeness (QED) is 0.866. The Morgan fingerprint density at radius 1 is 1.38 bits per heavy atom. The molecule has 2 amide bonds. The number of amides is 2. The minimum Gasteiger partial charge on any atom is -0.450 e. The molecule has 0 unspecified atom stereocenters. The molecule has 0 saturated carbocycles. The first-order valence-corrected chi connectivity index (χ1v) is 9.79. The molecule has 1 N–H and O–H groups in total. The van der Waals surface area contributed by atoms with E-state index >= 15 is 0 Å². The molecule has 3 rings (SSSR count). The second kappa shape index (κ2) is 7.43. The lowest BCUT2D eigenvalue weighted by Crippen LogP contribution is -2.35. The van der Waals surface area contributed by atoms with E-state index in [0.717, 1.165) is 15.4 Å². The number of thiophene rings is 1. The van der Waals surface area contributed by atoms with Crippen molar-refractivity contribution in [1.29, 1.82) is 5.26 Å². The molecule has 0 fully saturated rings. The molecule has 26 heavy (non-hydrogen) atoms. The van der Waals surface area contributed by atoms with Crippen LogP contribution in [0.4, 0.5) is 9.80 Å². The van der Waals surface area contributed by atoms with Gasteiger partial charge < -0.3 is 15.0 Å². The van der Waals surface area contributed by atoms with Crippen LogP contribution >= 0.6 is 22.7 Å². The fourth-order valence-electron chi connectivity index (χ4n) is 2.88. The molecule has 0 spiro atoms. The number of fused-ring (bicyclic) bond motifs is 1. The van der Waals surface area contributed by atoms with Crippen LogP contribution < -0.4 is 5.32 Å². The highest BCUT2D eigenvalue weighted by Crippen LogP contribution is 2.37. The number of aromatic nitrogens is 1. The number of carbonyl (C=O) groups excluding carboxylic acids is 2. The summed E-state index contributed by atoms with van der Waals surface area (Å²) in [7, 11) is 0. The fourth-order valence-corrected chi connectivity index (χ4v) is 4.91. The molecule has 0 saturated heterocycles. The van der Waals surface area contributed by atoms with Crippen LogP contribution in [0.25, 0.3) is 0 Å². The van der Waals surface area contributed by atoms with E-state index in [9.17, 15) is 14.9 Å². The second-order valence-corrected chi connectivity index (χ2v) is 8.10. The summed E-state index contributed by atoms with van der Waals surface area (Å²) in [6.45, 7) is 6.62. The van der Waals surface area contributed by atoms with Gasteiger partial charge in [-0.25, -0.2) is 9.78 Å². The molecular weight excluding hydrogens is 372 g/mol. The van der Waals surface area contributed by atoms with E-state index in [1.54, 1.807) is 18.7 Å². The zero-order valence-corrected chi connectivity index (χ0v) is 16.3. The molecule has 0 radical (unpaired) electrons. The van der Waals surface area contributed by atoms with Crippen molar-refractivity contribution in [2.45, 2.75) is 33.7 Å². The highest BCUT2D eigenvalue weighted by atomic mass is 32.1. The molecule has 0 aromatic carbocycles. The summed E-state index contributed by atoms with van der Waals surface area (Å²) in [6, 6.07) is 2.20. The molecular formula is C17H18N4O3S2. The van der Waals surface area contributed by atoms with E-state index in [2.05, 4.69) is 16.4 Å². The van der Waals surface area contributed by atoms with E-state index in [1.165, 1.54) is 22.7 Å². The summed E-state index contributed by atoms with van der Waals surface area (Å²) in [6.07, 6.45) is 0.216. The van der Waals surface area contributed by atoms with Crippen LogP contribution in [0, 0.1) is 25.2 Å². The normalized spacial score (nSPS) is 13.1. The predicted octanol–water partition coefficient (Wildman–Crippen LogP) is 3.46. The topological polar surface area (TPSA) is 95.3 Å². The van der Waals surface area contributed by atoms with Crippen LogP contribution in [-0.2, 0) is 17.7 Å². The summed E-state index contributed by atoms with van der Waals surface area (Å²) in [5, 5.41) is 13.8. The van der Waals surface area contributed by atoms with Gasteiger partial charge >= 0.3 is 6.09 Å². The lowest BCUT2D eigenvalue weighted by Gasteiger charge is -2.25. The van der Waals surface area contributed by atoms with E-state index in [-0.39, 0.29) is 12.0 Å². The molecule has 9 heteroatoms. The van der Waals surface area contributed by atoms with Gasteiger partial charge in [0.25, 0.3) is 5.91 Å². The number of thiazole rings is 1. The molecule has 0 aliphatic carbocycles. The number of rotatable bonds is 3. The van der Waals surface area contributed by atoms with Crippen molar-refractivity contribution in [2.24, 2.45) is 0 Å². The van der Waals surface area contributed by atoms with Crippen LogP contribution in [0.3, 0.4) is 0 Å². The summed E-state index contributed by atoms with van der Waals surface area (Å²) >= 11 is 2.67. The average molecular weight is 390 g/mol. The van der Waals surface area contributed by atoms with Crippen molar-refractivity contribution < 1.29 is 14.3 Å². The minimum atomic E-state index is -0.355. The third-order valence-corrected chi connectivity index (χ3v) is 6.24. The maximum Gasteiger partial charge on any atom is 0.410 e. The number of nitrogens with zero attached hydrogens (tertiary/aromatic N) is 3. The van der Waals surface area contributed by atoms with Gasteiger partial charge in [-0.2, -0.15) is 5.26 Å². The number of hydrogen-bond donors (Lipinski definition) is 1. The molecule has 3 heterocycles. The van der Waals surface area contributed by atoms with E-state index < -0.39 is 0 Å². The van der Waals surface area contributed by atoms with Crippen molar-refractivity contribution in [3.63, 3.8) is 0 Å². The number of hydrogen-bond acceptors (Lipinski definition) is 7. The first kappa shape index (κ1) is 18.4. The van der Waals surface area contributed by atoms with E-state index in [4.69, 9.17) is 4.74 Å². The standard InChI is InChI=1S/C17H18N4O3S2/c1-4-24-17(23)21-6-5-11-12(7-18)16(26-13(11)8-21)20-15(22)14-9(2)19-10(3)25-14/h4-6,8H2,1-3H3,(H,20,22). The van der Waals surface area contributed by atoms with Gasteiger partial charge in [0, 0.05) is 11.4 Å². The molecule has 0 atom stereocenters. The van der Waals surface area contributed by atoms with E-state index in [1.807, 2.05) is 6.92 Å². The first-order chi connectivity index (χ1) is 12.4. The zero-order valence-electron chi connectivity index (χ0n) is 14.7. The number of aryl methyl sites for hydroxylation is 2. The Hall–Kier alpha value is -2.44. The van der Waals surface area contributed by atoms with Gasteiger partial charge in [0.15, 0.2) is 0 Å². The van der Waals surface area contributed by atoms with Gasteiger partial charge in [0.2, 0.25) is 0 Å². The van der Waals surface area contributed by atoms with Gasteiger partial charge in [-0.1, -0.05) is 0 Å². The van der Waals surface area contributed by atoms with Crippen LogP contribution in [0.5, 0.6) is 0 Å². The van der Waals surface area contributed by atoms with Crippen molar-refractivity contribution in [2.75, 3.05) is 18.5 Å². The Kier molecular flexibility index (Phi) is 5.25. The smallest absolute Gasteiger partial charge is 0.410 e. The Morgan fingerprint density at radius 2 is 2.15 bits per heavy atom. The number of ether oxygens (including phenoxy) is 1. The Morgan fingerprint density at radius 3 is 2.77 bits per heavy atom. The van der Waals surface area contributed by atoms with Crippen LogP contribution in [0.2, 0.25) is 0 Å². The van der Waals surface area contributed by atoms with Crippen molar-refractivity contribution in [3.8, 4) is 6.07 Å². The zero-order chi connectivity index (χ0) is 18.8.